The molecule has 0 bridgehead atoms. The van der Waals surface area contributed by atoms with Gasteiger partial charge < -0.3 is 10.6 Å². The molecule has 5 aromatic rings. The van der Waals surface area contributed by atoms with Gasteiger partial charge in [-0.25, -0.2) is 9.97 Å². The molecule has 9 heteroatoms. The average Bonchev–Trinajstić information content (AvgIpc) is 3.39. The second kappa shape index (κ2) is 10.4. The second-order valence-corrected chi connectivity index (χ2v) is 10.6. The monoisotopic (exact) mass is 532 g/mol. The van der Waals surface area contributed by atoms with E-state index in [0.717, 1.165) is 16.7 Å². The molecule has 39 heavy (non-hydrogen) atoms. The Morgan fingerprint density at radius 2 is 1.82 bits per heavy atom. The molecule has 5 rings (SSSR count). The predicted octanol–water partition coefficient (Wildman–Crippen LogP) is 6.37. The first-order chi connectivity index (χ1) is 18.7. The van der Waals surface area contributed by atoms with Crippen molar-refractivity contribution in [3.63, 3.8) is 0 Å². The van der Waals surface area contributed by atoms with Gasteiger partial charge in [0.25, 0.3) is 11.8 Å². The summed E-state index contributed by atoms with van der Waals surface area (Å²) < 4.78 is 0. The highest BCUT2D eigenvalue weighted by molar-refractivity contribution is 7.20. The quantitative estimate of drug-likeness (QED) is 0.262. The zero-order valence-corrected chi connectivity index (χ0v) is 22.3. The molecule has 0 spiro atoms. The molecule has 192 valence electrons. The molecule has 2 N–H and O–H groups in total. The van der Waals surface area contributed by atoms with E-state index >= 15 is 0 Å². The maximum atomic E-state index is 13.1. The minimum absolute atomic E-state index is 0.291. The van der Waals surface area contributed by atoms with Crippen LogP contribution in [0.4, 0.5) is 11.4 Å². The molecular weight excluding hydrogens is 508 g/mol. The van der Waals surface area contributed by atoms with Crippen LogP contribution >= 0.6 is 11.3 Å². The highest BCUT2D eigenvalue weighted by atomic mass is 32.1. The van der Waals surface area contributed by atoms with E-state index in [1.807, 2.05) is 31.2 Å². The summed E-state index contributed by atoms with van der Waals surface area (Å²) in [6, 6.07) is 20.1. The minimum atomic E-state index is -0.713. The first-order valence-electron chi connectivity index (χ1n) is 12.2. The van der Waals surface area contributed by atoms with Crippen LogP contribution in [-0.4, -0.2) is 26.8 Å². The number of carbonyl (C=O) groups excluding carboxylic acids is 2. The van der Waals surface area contributed by atoms with Crippen molar-refractivity contribution in [1.82, 2.24) is 15.0 Å². The molecule has 2 aromatic carbocycles. The second-order valence-electron chi connectivity index (χ2n) is 9.55. The topological polar surface area (TPSA) is 121 Å². The van der Waals surface area contributed by atoms with Crippen LogP contribution in [0, 0.1) is 18.3 Å². The maximum absolute atomic E-state index is 13.1. The number of nitrogens with one attached hydrogen (secondary N) is 2. The van der Waals surface area contributed by atoms with Gasteiger partial charge in [0, 0.05) is 34.9 Å². The van der Waals surface area contributed by atoms with Crippen molar-refractivity contribution in [2.24, 2.45) is 0 Å². The predicted molar refractivity (Wildman–Crippen MR) is 153 cm³/mol. The molecule has 3 aromatic heterocycles. The van der Waals surface area contributed by atoms with Crippen molar-refractivity contribution in [2.45, 2.75) is 26.2 Å². The summed E-state index contributed by atoms with van der Waals surface area (Å²) in [6.45, 7) is 5.49. The summed E-state index contributed by atoms with van der Waals surface area (Å²) in [5.41, 5.74) is 4.60. The lowest BCUT2D eigenvalue weighted by molar-refractivity contribution is 0.102. The Bertz CT molecular complexity index is 1750. The summed E-state index contributed by atoms with van der Waals surface area (Å²) in [7, 11) is 0. The van der Waals surface area contributed by atoms with Crippen LogP contribution in [0.3, 0.4) is 0 Å². The Morgan fingerprint density at radius 3 is 2.59 bits per heavy atom. The van der Waals surface area contributed by atoms with Gasteiger partial charge >= 0.3 is 0 Å². The number of thiophene rings is 1. The van der Waals surface area contributed by atoms with Gasteiger partial charge in [0.05, 0.1) is 28.3 Å². The zero-order valence-electron chi connectivity index (χ0n) is 21.5. The summed E-state index contributed by atoms with van der Waals surface area (Å²) in [5, 5.41) is 15.3. The molecule has 2 amide bonds. The molecule has 0 radical (unpaired) electrons. The number of rotatable bonds is 6. The average molecular weight is 533 g/mol. The van der Waals surface area contributed by atoms with E-state index in [1.165, 1.54) is 11.3 Å². The van der Waals surface area contributed by atoms with Crippen LogP contribution in [-0.2, 0) is 5.41 Å². The van der Waals surface area contributed by atoms with E-state index < -0.39 is 5.41 Å². The van der Waals surface area contributed by atoms with Crippen molar-refractivity contribution in [3.05, 3.63) is 101 Å². The fraction of sp³-hybridized carbons (Fsp3) is 0.133. The number of hydrogen-bond donors (Lipinski definition) is 2. The van der Waals surface area contributed by atoms with Crippen LogP contribution in [0.5, 0.6) is 0 Å². The van der Waals surface area contributed by atoms with Gasteiger partial charge in [0.2, 0.25) is 0 Å². The Hall–Kier alpha value is -4.94. The van der Waals surface area contributed by atoms with Gasteiger partial charge in [0.1, 0.15) is 10.3 Å². The number of benzene rings is 2. The highest BCUT2D eigenvalue weighted by Crippen LogP contribution is 2.28. The summed E-state index contributed by atoms with van der Waals surface area (Å²) in [6.07, 6.45) is 5.08. The number of amides is 2. The number of nitriles is 1. The highest BCUT2D eigenvalue weighted by Gasteiger charge is 2.21. The van der Waals surface area contributed by atoms with E-state index in [1.54, 1.807) is 68.8 Å². The fourth-order valence-electron chi connectivity index (χ4n) is 3.92. The summed E-state index contributed by atoms with van der Waals surface area (Å²) >= 11 is 1.26. The molecular formula is C30H24N6O2S. The zero-order chi connectivity index (χ0) is 27.6. The number of fused-ring (bicyclic) bond motifs is 1. The van der Waals surface area contributed by atoms with E-state index in [0.29, 0.717) is 37.9 Å². The number of anilines is 2. The summed E-state index contributed by atoms with van der Waals surface area (Å²) in [4.78, 5) is 40.4. The Kier molecular flexibility index (Phi) is 6.88. The van der Waals surface area contributed by atoms with Gasteiger partial charge in [-0.15, -0.1) is 11.3 Å². The number of aryl methyl sites for hydroxylation is 1. The molecule has 0 aliphatic rings. The van der Waals surface area contributed by atoms with E-state index in [-0.39, 0.29) is 11.8 Å². The lowest BCUT2D eigenvalue weighted by Crippen LogP contribution is -2.17. The van der Waals surface area contributed by atoms with E-state index in [4.69, 9.17) is 0 Å². The first kappa shape index (κ1) is 25.7. The Balaban J connectivity index is 1.33. The number of nitrogens with zero attached hydrogens (tertiary/aromatic N) is 4. The smallest absolute Gasteiger partial charge is 0.265 e. The minimum Gasteiger partial charge on any atom is -0.322 e. The summed E-state index contributed by atoms with van der Waals surface area (Å²) in [5.74, 6) is -0.599. The number of pyridine rings is 1. The molecule has 0 atom stereocenters. The Labute approximate surface area is 229 Å². The number of aromatic nitrogens is 3. The fourth-order valence-corrected chi connectivity index (χ4v) is 4.76. The molecule has 3 heterocycles. The lowest BCUT2D eigenvalue weighted by atomic mass is 9.85. The van der Waals surface area contributed by atoms with Gasteiger partial charge in [-0.1, -0.05) is 18.2 Å². The first-order valence-corrected chi connectivity index (χ1v) is 13.0. The molecule has 0 fully saturated rings. The standard InChI is InChI=1S/C30H24N6O2S/c1-18-9-10-22(34-27(37)19-6-4-8-21(12-19)30(2,3)17-31)13-23(18)36-28(38)26-14-24-29(39-26)33-16-25(35-24)20-7-5-11-32-15-20/h4-16H,1-3H3,(H,34,37)(H,36,38). The number of hydrogen-bond acceptors (Lipinski definition) is 7. The van der Waals surface area contributed by atoms with Crippen molar-refractivity contribution < 1.29 is 9.59 Å². The van der Waals surface area contributed by atoms with Crippen LogP contribution in [0.25, 0.3) is 21.6 Å². The Morgan fingerprint density at radius 1 is 0.974 bits per heavy atom. The van der Waals surface area contributed by atoms with Crippen LogP contribution in [0.15, 0.2) is 79.3 Å². The molecule has 0 unspecified atom stereocenters. The van der Waals surface area contributed by atoms with Gasteiger partial charge in [-0.3, -0.25) is 14.6 Å². The molecule has 8 nitrogen and oxygen atoms in total. The largest absolute Gasteiger partial charge is 0.322 e. The third-order valence-electron chi connectivity index (χ3n) is 6.29. The van der Waals surface area contributed by atoms with Crippen molar-refractivity contribution >= 4 is 44.9 Å². The third-order valence-corrected chi connectivity index (χ3v) is 7.32. The SMILES string of the molecule is Cc1ccc(NC(=O)c2cccc(C(C)(C)C#N)c2)cc1NC(=O)c1cc2nc(-c3cccnc3)cnc2s1. The third kappa shape index (κ3) is 5.51. The van der Waals surface area contributed by atoms with E-state index in [2.05, 4.69) is 31.7 Å². The molecule has 0 saturated heterocycles. The molecule has 0 aliphatic heterocycles. The number of carbonyl (C=O) groups is 2. The van der Waals surface area contributed by atoms with Crippen LogP contribution in [0.2, 0.25) is 0 Å². The van der Waals surface area contributed by atoms with Gasteiger partial charge in [-0.05, 0) is 74.4 Å². The molecule has 0 saturated carbocycles. The van der Waals surface area contributed by atoms with Crippen LogP contribution in [0.1, 0.15) is 45.0 Å². The normalized spacial score (nSPS) is 11.1. The lowest BCUT2D eigenvalue weighted by Gasteiger charge is -2.16. The van der Waals surface area contributed by atoms with Gasteiger partial charge in [0.15, 0.2) is 0 Å². The van der Waals surface area contributed by atoms with Crippen LogP contribution < -0.4 is 10.6 Å². The van der Waals surface area contributed by atoms with Crippen molar-refractivity contribution in [1.29, 1.82) is 5.26 Å². The van der Waals surface area contributed by atoms with Gasteiger partial charge in [-0.2, -0.15) is 5.26 Å². The molecule has 0 aliphatic carbocycles. The van der Waals surface area contributed by atoms with Crippen molar-refractivity contribution in [3.8, 4) is 17.3 Å². The van der Waals surface area contributed by atoms with E-state index in [9.17, 15) is 14.9 Å². The maximum Gasteiger partial charge on any atom is 0.265 e. The van der Waals surface area contributed by atoms with Crippen molar-refractivity contribution in [2.75, 3.05) is 10.6 Å².